The van der Waals surface area contributed by atoms with Crippen molar-refractivity contribution in [1.82, 2.24) is 9.97 Å². The molecule has 2 heterocycles. The van der Waals surface area contributed by atoms with Gasteiger partial charge in [-0.2, -0.15) is 0 Å². The van der Waals surface area contributed by atoms with Gasteiger partial charge in [0.25, 0.3) is 0 Å². The Morgan fingerprint density at radius 2 is 2.11 bits per heavy atom. The van der Waals surface area contributed by atoms with E-state index in [4.69, 9.17) is 16.3 Å². The number of fused-ring (bicyclic) bond motifs is 1. The Balaban J connectivity index is 2.20. The van der Waals surface area contributed by atoms with Crippen molar-refractivity contribution in [3.05, 3.63) is 29.7 Å². The van der Waals surface area contributed by atoms with Gasteiger partial charge in [0.15, 0.2) is 5.15 Å². The molecule has 0 saturated heterocycles. The second-order valence-electron chi connectivity index (χ2n) is 5.02. The van der Waals surface area contributed by atoms with Gasteiger partial charge in [0.1, 0.15) is 11.1 Å². The quantitative estimate of drug-likeness (QED) is 0.810. The smallest absolute Gasteiger partial charge is 0.412 e. The maximum Gasteiger partial charge on any atom is 0.412 e. The number of pyridine rings is 2. The van der Waals surface area contributed by atoms with Gasteiger partial charge >= 0.3 is 6.09 Å². The number of halogens is 1. The van der Waals surface area contributed by atoms with Gasteiger partial charge in [-0.05, 0) is 32.9 Å². The highest BCUT2D eigenvalue weighted by Gasteiger charge is 2.16. The molecule has 0 radical (unpaired) electrons. The van der Waals surface area contributed by atoms with E-state index in [1.54, 1.807) is 39.1 Å². The average Bonchev–Trinajstić information content (AvgIpc) is 2.26. The van der Waals surface area contributed by atoms with Gasteiger partial charge in [-0.3, -0.25) is 10.3 Å². The van der Waals surface area contributed by atoms with E-state index in [-0.39, 0.29) is 0 Å². The largest absolute Gasteiger partial charge is 0.444 e. The SMILES string of the molecule is CC(C)(C)OC(=O)Nc1cnc2c(Cl)nccc2c1. The topological polar surface area (TPSA) is 64.1 Å². The van der Waals surface area contributed by atoms with Gasteiger partial charge in [0, 0.05) is 11.6 Å². The maximum atomic E-state index is 11.6. The summed E-state index contributed by atoms with van der Waals surface area (Å²) >= 11 is 5.92. The fourth-order valence-corrected chi connectivity index (χ4v) is 1.73. The van der Waals surface area contributed by atoms with Crippen LogP contribution in [0.4, 0.5) is 10.5 Å². The Morgan fingerprint density at radius 1 is 1.37 bits per heavy atom. The fourth-order valence-electron chi connectivity index (χ4n) is 1.52. The summed E-state index contributed by atoms with van der Waals surface area (Å²) in [5.74, 6) is 0. The Hall–Kier alpha value is -1.88. The monoisotopic (exact) mass is 279 g/mol. The van der Waals surface area contributed by atoms with E-state index in [1.165, 1.54) is 6.20 Å². The third kappa shape index (κ3) is 3.54. The predicted molar refractivity (Wildman–Crippen MR) is 74.4 cm³/mol. The van der Waals surface area contributed by atoms with Crippen LogP contribution in [-0.4, -0.2) is 21.7 Å². The molecule has 0 aliphatic heterocycles. The molecule has 0 bridgehead atoms. The van der Waals surface area contributed by atoms with Crippen LogP contribution in [-0.2, 0) is 4.74 Å². The minimum Gasteiger partial charge on any atom is -0.444 e. The lowest BCUT2D eigenvalue weighted by Crippen LogP contribution is -2.27. The van der Waals surface area contributed by atoms with Crippen LogP contribution >= 0.6 is 11.6 Å². The number of rotatable bonds is 1. The van der Waals surface area contributed by atoms with Crippen molar-refractivity contribution >= 4 is 34.3 Å². The van der Waals surface area contributed by atoms with Gasteiger partial charge in [-0.1, -0.05) is 11.6 Å². The van der Waals surface area contributed by atoms with E-state index in [0.717, 1.165) is 5.39 Å². The molecular weight excluding hydrogens is 266 g/mol. The number of aromatic nitrogens is 2. The molecule has 2 rings (SSSR count). The van der Waals surface area contributed by atoms with Gasteiger partial charge in [0.05, 0.1) is 11.9 Å². The summed E-state index contributed by atoms with van der Waals surface area (Å²) in [4.78, 5) is 19.7. The zero-order valence-electron chi connectivity index (χ0n) is 10.9. The van der Waals surface area contributed by atoms with Crippen LogP contribution in [0.3, 0.4) is 0 Å². The molecule has 0 fully saturated rings. The Kier molecular flexibility index (Phi) is 3.57. The summed E-state index contributed by atoms with van der Waals surface area (Å²) in [5, 5.41) is 3.76. The zero-order valence-corrected chi connectivity index (χ0v) is 11.7. The summed E-state index contributed by atoms with van der Waals surface area (Å²) < 4.78 is 5.16. The summed E-state index contributed by atoms with van der Waals surface area (Å²) in [6.07, 6.45) is 2.58. The van der Waals surface area contributed by atoms with Crippen molar-refractivity contribution in [2.45, 2.75) is 26.4 Å². The fraction of sp³-hybridized carbons (Fsp3) is 0.308. The Bertz CT molecular complexity index is 623. The lowest BCUT2D eigenvalue weighted by molar-refractivity contribution is 0.0636. The van der Waals surface area contributed by atoms with E-state index in [9.17, 15) is 4.79 Å². The van der Waals surface area contributed by atoms with Crippen LogP contribution in [0.1, 0.15) is 20.8 Å². The van der Waals surface area contributed by atoms with E-state index < -0.39 is 11.7 Å². The second-order valence-corrected chi connectivity index (χ2v) is 5.38. The number of hydrogen-bond acceptors (Lipinski definition) is 4. The summed E-state index contributed by atoms with van der Waals surface area (Å²) in [6.45, 7) is 5.41. The number of anilines is 1. The molecule has 100 valence electrons. The highest BCUT2D eigenvalue weighted by Crippen LogP contribution is 2.21. The molecule has 2 aromatic rings. The molecule has 0 aliphatic carbocycles. The van der Waals surface area contributed by atoms with Crippen molar-refractivity contribution in [2.75, 3.05) is 5.32 Å². The number of carbonyl (C=O) groups is 1. The predicted octanol–water partition coefficient (Wildman–Crippen LogP) is 3.63. The molecule has 0 spiro atoms. The van der Waals surface area contributed by atoms with Crippen LogP contribution in [0.2, 0.25) is 5.15 Å². The van der Waals surface area contributed by atoms with E-state index in [1.807, 2.05) is 0 Å². The third-order valence-corrected chi connectivity index (χ3v) is 2.48. The molecule has 0 saturated carbocycles. The highest BCUT2D eigenvalue weighted by atomic mass is 35.5. The molecule has 19 heavy (non-hydrogen) atoms. The van der Waals surface area contributed by atoms with Gasteiger partial charge in [-0.15, -0.1) is 0 Å². The van der Waals surface area contributed by atoms with Crippen molar-refractivity contribution in [3.63, 3.8) is 0 Å². The van der Waals surface area contributed by atoms with Gasteiger partial charge < -0.3 is 4.74 Å². The lowest BCUT2D eigenvalue weighted by atomic mass is 10.2. The number of hydrogen-bond donors (Lipinski definition) is 1. The molecule has 5 nitrogen and oxygen atoms in total. The van der Waals surface area contributed by atoms with E-state index in [2.05, 4.69) is 15.3 Å². The normalized spacial score (nSPS) is 11.4. The lowest BCUT2D eigenvalue weighted by Gasteiger charge is -2.19. The van der Waals surface area contributed by atoms with Crippen LogP contribution in [0, 0.1) is 0 Å². The number of nitrogens with one attached hydrogen (secondary N) is 1. The average molecular weight is 280 g/mol. The Labute approximate surface area is 116 Å². The summed E-state index contributed by atoms with van der Waals surface area (Å²) in [6, 6.07) is 3.54. The van der Waals surface area contributed by atoms with Crippen LogP contribution in [0.15, 0.2) is 24.5 Å². The number of ether oxygens (including phenoxy) is 1. The molecule has 2 aromatic heterocycles. The van der Waals surface area contributed by atoms with Crippen LogP contribution in [0.25, 0.3) is 10.9 Å². The number of carbonyl (C=O) groups excluding carboxylic acids is 1. The molecule has 6 heteroatoms. The first kappa shape index (κ1) is 13.5. The highest BCUT2D eigenvalue weighted by molar-refractivity contribution is 6.33. The molecule has 1 N–H and O–H groups in total. The Morgan fingerprint density at radius 3 is 2.79 bits per heavy atom. The van der Waals surface area contributed by atoms with Gasteiger partial charge in [-0.25, -0.2) is 9.78 Å². The molecule has 0 aromatic carbocycles. The van der Waals surface area contributed by atoms with E-state index in [0.29, 0.717) is 16.4 Å². The van der Waals surface area contributed by atoms with E-state index >= 15 is 0 Å². The third-order valence-electron chi connectivity index (χ3n) is 2.20. The van der Waals surface area contributed by atoms with Crippen molar-refractivity contribution < 1.29 is 9.53 Å². The molecule has 0 atom stereocenters. The second kappa shape index (κ2) is 5.01. The summed E-state index contributed by atoms with van der Waals surface area (Å²) in [5.41, 5.74) is 0.602. The number of amides is 1. The molecule has 0 aliphatic rings. The van der Waals surface area contributed by atoms with Crippen LogP contribution in [0.5, 0.6) is 0 Å². The molecule has 0 unspecified atom stereocenters. The first-order valence-electron chi connectivity index (χ1n) is 5.75. The standard InChI is InChI=1S/C13H14ClN3O2/c1-13(2,3)19-12(18)17-9-6-8-4-5-15-11(14)10(8)16-7-9/h4-7H,1-3H3,(H,17,18). The molecular formula is C13H14ClN3O2. The zero-order chi connectivity index (χ0) is 14.0. The first-order valence-corrected chi connectivity index (χ1v) is 6.13. The number of nitrogens with zero attached hydrogens (tertiary/aromatic N) is 2. The first-order chi connectivity index (χ1) is 8.85. The van der Waals surface area contributed by atoms with Crippen molar-refractivity contribution in [3.8, 4) is 0 Å². The van der Waals surface area contributed by atoms with Crippen LogP contribution < -0.4 is 5.32 Å². The maximum absolute atomic E-state index is 11.6. The van der Waals surface area contributed by atoms with Gasteiger partial charge in [0.2, 0.25) is 0 Å². The van der Waals surface area contributed by atoms with Crippen molar-refractivity contribution in [1.29, 1.82) is 0 Å². The minimum atomic E-state index is -0.540. The summed E-state index contributed by atoms with van der Waals surface area (Å²) in [7, 11) is 0. The minimum absolute atomic E-state index is 0.335. The van der Waals surface area contributed by atoms with Crippen molar-refractivity contribution in [2.24, 2.45) is 0 Å². The molecule has 1 amide bonds.